The van der Waals surface area contributed by atoms with Crippen LogP contribution in [0.2, 0.25) is 10.0 Å². The van der Waals surface area contributed by atoms with Gasteiger partial charge < -0.3 is 24.8 Å². The van der Waals surface area contributed by atoms with Crippen LogP contribution in [-0.4, -0.2) is 3.21 Å². The Morgan fingerprint density at radius 3 is 1.44 bits per heavy atom. The summed E-state index contributed by atoms with van der Waals surface area (Å²) in [5.74, 6) is 0.334. The Hall–Kier alpha value is -3.29. The summed E-state index contributed by atoms with van der Waals surface area (Å²) in [4.78, 5) is 0. The summed E-state index contributed by atoms with van der Waals surface area (Å²) in [6.45, 7) is 37.9. The van der Waals surface area contributed by atoms with Gasteiger partial charge in [-0.1, -0.05) is 0 Å². The van der Waals surface area contributed by atoms with E-state index < -0.39 is 21.3 Å². The molecule has 0 saturated heterocycles. The topological polar surface area (TPSA) is 0 Å². The van der Waals surface area contributed by atoms with E-state index in [-0.39, 0.29) is 41.1 Å². The Labute approximate surface area is 440 Å². The second kappa shape index (κ2) is 20.1. The van der Waals surface area contributed by atoms with Crippen LogP contribution in [0.15, 0.2) is 112 Å². The van der Waals surface area contributed by atoms with Crippen molar-refractivity contribution in [3.05, 3.63) is 189 Å². The predicted molar refractivity (Wildman–Crippen MR) is 287 cm³/mol. The fraction of sp³-hybridized carbons (Fsp3) is 0.349. The number of aryl methyl sites for hydroxylation is 6. The third kappa shape index (κ3) is 10.2. The van der Waals surface area contributed by atoms with Crippen molar-refractivity contribution in [2.75, 3.05) is 0 Å². The molecule has 0 fully saturated rings. The smallest absolute Gasteiger partial charge is 1.00 e. The maximum absolute atomic E-state index is 6.77. The zero-order chi connectivity index (χ0) is 47.9. The molecule has 0 heterocycles. The van der Waals surface area contributed by atoms with Crippen LogP contribution in [0.4, 0.5) is 0 Å². The maximum atomic E-state index is 6.77. The normalized spacial score (nSPS) is 14.3. The van der Waals surface area contributed by atoms with Crippen molar-refractivity contribution in [2.45, 2.75) is 134 Å². The molecule has 0 nitrogen and oxygen atoms in total. The van der Waals surface area contributed by atoms with Crippen LogP contribution in [-0.2, 0) is 38.5 Å². The number of fused-ring (bicyclic) bond motifs is 3. The van der Waals surface area contributed by atoms with Gasteiger partial charge >= 0.3 is 419 Å². The third-order valence-corrected chi connectivity index (χ3v) is 22.7. The predicted octanol–water partition coefficient (Wildman–Crippen LogP) is 11.8. The summed E-state index contributed by atoms with van der Waals surface area (Å²) in [7, 11) is 0. The molecule has 0 aromatic heterocycles. The fourth-order valence-corrected chi connectivity index (χ4v) is 20.7. The Bertz CT molecular complexity index is 2930. The molecule has 0 bridgehead atoms. The molecule has 0 aliphatic heterocycles. The van der Waals surface area contributed by atoms with Gasteiger partial charge in [-0.3, -0.25) is 0 Å². The van der Waals surface area contributed by atoms with Crippen molar-refractivity contribution >= 4 is 29.7 Å². The van der Waals surface area contributed by atoms with Crippen LogP contribution in [0, 0.1) is 52.9 Å². The minimum atomic E-state index is -3.45. The number of hydrogen-bond donors (Lipinski definition) is 0. The molecule has 0 amide bonds. The van der Waals surface area contributed by atoms with Crippen LogP contribution in [0.25, 0.3) is 33.4 Å². The molecule has 68 heavy (non-hydrogen) atoms. The minimum absolute atomic E-state index is 0. The summed E-state index contributed by atoms with van der Waals surface area (Å²) >= 11 is 10.1. The average molecular weight is 1060 g/mol. The zero-order valence-corrected chi connectivity index (χ0v) is 48.8. The first-order chi connectivity index (χ1) is 30.9. The average Bonchev–Trinajstić information content (AvgIpc) is 3.81. The van der Waals surface area contributed by atoms with Crippen LogP contribution < -0.4 is 28.1 Å². The van der Waals surface area contributed by atoms with Gasteiger partial charge in [-0.25, -0.2) is 0 Å². The van der Waals surface area contributed by atoms with Crippen molar-refractivity contribution < 1.29 is 46.1 Å². The van der Waals surface area contributed by atoms with Gasteiger partial charge in [0.05, 0.1) is 0 Å². The van der Waals surface area contributed by atoms with Crippen molar-refractivity contribution in [1.29, 1.82) is 0 Å². The quantitative estimate of drug-likeness (QED) is 0.149. The molecule has 2 aliphatic carbocycles. The van der Waals surface area contributed by atoms with E-state index >= 15 is 0 Å². The van der Waals surface area contributed by atoms with Gasteiger partial charge in [-0.05, 0) is 0 Å². The van der Waals surface area contributed by atoms with Gasteiger partial charge in [-0.2, -0.15) is 0 Å². The van der Waals surface area contributed by atoms with Crippen molar-refractivity contribution in [3.8, 4) is 33.4 Å². The van der Waals surface area contributed by atoms with Gasteiger partial charge in [0, 0.05) is 0 Å². The number of rotatable bonds is 7. The number of hydrogen-bond acceptors (Lipinski definition) is 0. The van der Waals surface area contributed by atoms with Crippen LogP contribution in [0.5, 0.6) is 0 Å². The number of halogens is 4. The summed E-state index contributed by atoms with van der Waals surface area (Å²) < 4.78 is 4.76. The van der Waals surface area contributed by atoms with E-state index in [0.29, 0.717) is 5.92 Å². The van der Waals surface area contributed by atoms with E-state index in [1.807, 2.05) is 0 Å². The van der Waals surface area contributed by atoms with E-state index in [0.717, 1.165) is 22.9 Å². The summed E-state index contributed by atoms with van der Waals surface area (Å²) in [5, 5.41) is 1.51. The Balaban J connectivity index is 0.00000381. The summed E-state index contributed by atoms with van der Waals surface area (Å²) in [5.41, 5.74) is 26.0. The SMILES string of the molecule is CCC1C=C(C(C)(C)C)C=[C]1[Zr+2](=[C](c1ccc(Cl)cc1)c1ccc(Cl)cc1)[c]1c2c(cc(C(C)(C)C)c1-c1c(C)cc(C)cc1C)-c1cc(C(C)(C)C)c(-c3c(C)cc(C)cc3C)cc1C2.[Cl-].[Cl-]. The van der Waals surface area contributed by atoms with Crippen molar-refractivity contribution in [3.63, 3.8) is 0 Å². The summed E-state index contributed by atoms with van der Waals surface area (Å²) in [6, 6.07) is 35.0. The first kappa shape index (κ1) is 54.1. The maximum Gasteiger partial charge on any atom is -1.00 e. The van der Waals surface area contributed by atoms with E-state index in [2.05, 4.69) is 214 Å². The van der Waals surface area contributed by atoms with E-state index in [9.17, 15) is 0 Å². The molecule has 1 unspecified atom stereocenters. The zero-order valence-electron chi connectivity index (χ0n) is 43.3. The molecule has 354 valence electrons. The van der Waals surface area contributed by atoms with Crippen LogP contribution in [0.1, 0.15) is 142 Å². The molecule has 6 aromatic rings. The molecule has 0 spiro atoms. The first-order valence-corrected chi connectivity index (χ1v) is 28.6. The fourth-order valence-electron chi connectivity index (χ4n) is 11.3. The Morgan fingerprint density at radius 2 is 1.00 bits per heavy atom. The van der Waals surface area contributed by atoms with E-state index in [1.165, 1.54) is 109 Å². The van der Waals surface area contributed by atoms with Gasteiger partial charge in [0.15, 0.2) is 0 Å². The molecule has 2 aliphatic rings. The molecule has 6 aromatic carbocycles. The van der Waals surface area contributed by atoms with Crippen LogP contribution in [0.3, 0.4) is 0 Å². The molecule has 5 heteroatoms. The number of allylic oxidation sites excluding steroid dienone is 4. The van der Waals surface area contributed by atoms with E-state index in [1.54, 1.807) is 6.55 Å². The minimum Gasteiger partial charge on any atom is -1.00 e. The molecule has 0 radical (unpaired) electrons. The van der Waals surface area contributed by atoms with Gasteiger partial charge in [-0.15, -0.1) is 0 Å². The van der Waals surface area contributed by atoms with Gasteiger partial charge in [0.1, 0.15) is 0 Å². The Kier molecular flexibility index (Phi) is 16.0. The van der Waals surface area contributed by atoms with Crippen LogP contribution >= 0.6 is 23.2 Å². The molecule has 0 N–H and O–H groups in total. The van der Waals surface area contributed by atoms with E-state index in [4.69, 9.17) is 23.2 Å². The standard InChI is InChI=1S/C39H45.C13H8Cl2.C11H17.2ClH.Zr/c1-22-13-24(3)36(25(4)14-22)32-18-28-17-29-19-33(37-26(5)15-23(2)16-27(37)6)35(39(10,11)12)21-31(29)30(28)20-34(32)38(7,8)9;14-12-5-1-10(2-6-12)9-11-3-7-13(15)8-4-11;1-5-9-6-7-10(8-9)11(2,3)4;;;/h13-16,18,20-21H,17H2,1-12H3;1-8H;7-9H,5H2,1-4H3;2*1H;/q;;;;;+2/p-2. The Morgan fingerprint density at radius 1 is 0.544 bits per heavy atom. The third-order valence-electron chi connectivity index (χ3n) is 14.3. The summed E-state index contributed by atoms with van der Waals surface area (Å²) in [6.07, 6.45) is 7.27. The monoisotopic (exact) mass is 1060 g/mol. The van der Waals surface area contributed by atoms with Gasteiger partial charge in [0.25, 0.3) is 0 Å². The van der Waals surface area contributed by atoms with Crippen molar-refractivity contribution in [2.24, 2.45) is 11.3 Å². The van der Waals surface area contributed by atoms with Gasteiger partial charge in [0.2, 0.25) is 0 Å². The molecule has 1 atom stereocenters. The molecular formula is C63H70Cl4Zr. The largest absolute Gasteiger partial charge is 1.00 e. The first-order valence-electron chi connectivity index (χ1n) is 24.1. The molecular weight excluding hydrogens is 990 g/mol. The molecule has 8 rings (SSSR count). The second-order valence-corrected chi connectivity index (χ2v) is 29.3. The number of benzene rings is 6. The van der Waals surface area contributed by atoms with Crippen molar-refractivity contribution in [1.82, 2.24) is 0 Å². The molecule has 0 saturated carbocycles. The second-order valence-electron chi connectivity index (χ2n) is 22.7.